The molecule has 0 aliphatic rings. The molecule has 2 N–H and O–H groups in total. The van der Waals surface area contributed by atoms with Gasteiger partial charge in [0, 0.05) is 0 Å². The van der Waals surface area contributed by atoms with E-state index >= 15 is 0 Å². The topological polar surface area (TPSA) is 35.2 Å². The number of ether oxygens (including phenoxy) is 1. The Labute approximate surface area is 108 Å². The lowest BCUT2D eigenvalue weighted by Gasteiger charge is -2.06. The molecule has 2 heteroatoms. The first-order valence-electron chi connectivity index (χ1n) is 6.27. The maximum Gasteiger partial charge on any atom is 0.118 e. The van der Waals surface area contributed by atoms with E-state index in [0.717, 1.165) is 25.1 Å². The van der Waals surface area contributed by atoms with E-state index in [0.29, 0.717) is 0 Å². The molecule has 0 fully saturated rings. The average molecular weight is 241 g/mol. The molecule has 0 atom stereocenters. The number of hydrogen-bond donors (Lipinski definition) is 1. The molecule has 2 nitrogen and oxygen atoms in total. The number of benzene rings is 2. The van der Waals surface area contributed by atoms with Gasteiger partial charge < -0.3 is 10.5 Å². The monoisotopic (exact) mass is 241 g/mol. The summed E-state index contributed by atoms with van der Waals surface area (Å²) in [6.45, 7) is 0.743. The van der Waals surface area contributed by atoms with Crippen LogP contribution in [-0.2, 0) is 6.42 Å². The van der Waals surface area contributed by atoms with Gasteiger partial charge in [-0.05, 0) is 48.2 Å². The van der Waals surface area contributed by atoms with Crippen LogP contribution in [0.25, 0.3) is 11.1 Å². The van der Waals surface area contributed by atoms with Crippen molar-refractivity contribution in [2.45, 2.75) is 12.8 Å². The number of hydrogen-bond acceptors (Lipinski definition) is 2. The third kappa shape index (κ3) is 3.11. The lowest BCUT2D eigenvalue weighted by Crippen LogP contribution is -2.00. The molecule has 0 heterocycles. The van der Waals surface area contributed by atoms with E-state index in [-0.39, 0.29) is 0 Å². The van der Waals surface area contributed by atoms with E-state index < -0.39 is 0 Å². The van der Waals surface area contributed by atoms with Crippen LogP contribution in [0.4, 0.5) is 0 Å². The zero-order valence-corrected chi connectivity index (χ0v) is 10.7. The molecule has 0 aliphatic heterocycles. The van der Waals surface area contributed by atoms with Crippen LogP contribution in [0.15, 0.2) is 48.5 Å². The first-order chi connectivity index (χ1) is 8.83. The van der Waals surface area contributed by atoms with E-state index in [1.165, 1.54) is 16.7 Å². The van der Waals surface area contributed by atoms with Gasteiger partial charge in [-0.2, -0.15) is 0 Å². The van der Waals surface area contributed by atoms with Gasteiger partial charge in [0.15, 0.2) is 0 Å². The second-order valence-electron chi connectivity index (χ2n) is 4.32. The van der Waals surface area contributed by atoms with Gasteiger partial charge in [0.05, 0.1) is 7.11 Å². The fourth-order valence-electron chi connectivity index (χ4n) is 2.00. The van der Waals surface area contributed by atoms with Crippen LogP contribution in [0.2, 0.25) is 0 Å². The van der Waals surface area contributed by atoms with Crippen LogP contribution in [0.3, 0.4) is 0 Å². The Morgan fingerprint density at radius 3 is 2.44 bits per heavy atom. The Kier molecular flexibility index (Phi) is 4.37. The predicted molar refractivity (Wildman–Crippen MR) is 75.8 cm³/mol. The molecule has 0 saturated heterocycles. The molecule has 0 radical (unpaired) electrons. The van der Waals surface area contributed by atoms with E-state index in [9.17, 15) is 0 Å². The molecule has 0 bridgehead atoms. The first-order valence-corrected chi connectivity index (χ1v) is 6.27. The van der Waals surface area contributed by atoms with Gasteiger partial charge in [-0.15, -0.1) is 0 Å². The van der Waals surface area contributed by atoms with Gasteiger partial charge in [0.25, 0.3) is 0 Å². The Morgan fingerprint density at radius 1 is 1.00 bits per heavy atom. The van der Waals surface area contributed by atoms with Crippen molar-refractivity contribution >= 4 is 0 Å². The van der Waals surface area contributed by atoms with Crippen molar-refractivity contribution in [2.24, 2.45) is 5.73 Å². The highest BCUT2D eigenvalue weighted by Gasteiger charge is 2.00. The third-order valence-electron chi connectivity index (χ3n) is 3.02. The molecule has 0 saturated carbocycles. The fourth-order valence-corrected chi connectivity index (χ4v) is 2.00. The molecule has 94 valence electrons. The molecule has 0 aliphatic carbocycles. The van der Waals surface area contributed by atoms with Crippen LogP contribution in [0.1, 0.15) is 12.0 Å². The molecular formula is C16H19NO. The average Bonchev–Trinajstić information content (AvgIpc) is 2.45. The van der Waals surface area contributed by atoms with Crippen molar-refractivity contribution in [3.05, 3.63) is 54.1 Å². The minimum atomic E-state index is 0.743. The SMILES string of the molecule is COc1ccc(-c2cccc(CCCN)c2)cc1. The minimum absolute atomic E-state index is 0.743. The highest BCUT2D eigenvalue weighted by molar-refractivity contribution is 5.64. The van der Waals surface area contributed by atoms with Gasteiger partial charge in [0.2, 0.25) is 0 Å². The third-order valence-corrected chi connectivity index (χ3v) is 3.02. The minimum Gasteiger partial charge on any atom is -0.497 e. The molecule has 0 unspecified atom stereocenters. The van der Waals surface area contributed by atoms with Crippen LogP contribution < -0.4 is 10.5 Å². The Balaban J connectivity index is 2.20. The standard InChI is InChI=1S/C16H19NO/c1-18-16-9-7-14(8-10-16)15-6-2-4-13(12-15)5-3-11-17/h2,4,6-10,12H,3,5,11,17H2,1H3. The highest BCUT2D eigenvalue weighted by atomic mass is 16.5. The Bertz CT molecular complexity index is 491. The zero-order valence-electron chi connectivity index (χ0n) is 10.7. The smallest absolute Gasteiger partial charge is 0.118 e. The quantitative estimate of drug-likeness (QED) is 0.872. The second kappa shape index (κ2) is 6.22. The normalized spacial score (nSPS) is 10.3. The van der Waals surface area contributed by atoms with Crippen molar-refractivity contribution in [2.75, 3.05) is 13.7 Å². The van der Waals surface area contributed by atoms with Crippen LogP contribution in [0, 0.1) is 0 Å². The van der Waals surface area contributed by atoms with Crippen molar-refractivity contribution in [1.82, 2.24) is 0 Å². The van der Waals surface area contributed by atoms with E-state index in [1.807, 2.05) is 12.1 Å². The molecule has 0 aromatic heterocycles. The lowest BCUT2D eigenvalue weighted by atomic mass is 10.0. The van der Waals surface area contributed by atoms with Crippen molar-refractivity contribution in [1.29, 1.82) is 0 Å². The maximum atomic E-state index is 5.54. The van der Waals surface area contributed by atoms with Crippen LogP contribution >= 0.6 is 0 Å². The molecular weight excluding hydrogens is 222 g/mol. The summed E-state index contributed by atoms with van der Waals surface area (Å²) in [5.74, 6) is 0.887. The van der Waals surface area contributed by atoms with E-state index in [2.05, 4.69) is 36.4 Å². The largest absolute Gasteiger partial charge is 0.497 e. The fraction of sp³-hybridized carbons (Fsp3) is 0.250. The van der Waals surface area contributed by atoms with Gasteiger partial charge in [-0.3, -0.25) is 0 Å². The highest BCUT2D eigenvalue weighted by Crippen LogP contribution is 2.23. The molecule has 2 aromatic rings. The van der Waals surface area contributed by atoms with Crippen molar-refractivity contribution in [3.8, 4) is 16.9 Å². The van der Waals surface area contributed by atoms with Gasteiger partial charge >= 0.3 is 0 Å². The predicted octanol–water partition coefficient (Wildman–Crippen LogP) is 3.25. The summed E-state index contributed by atoms with van der Waals surface area (Å²) in [6, 6.07) is 16.8. The summed E-state index contributed by atoms with van der Waals surface area (Å²) in [7, 11) is 1.68. The summed E-state index contributed by atoms with van der Waals surface area (Å²) in [6.07, 6.45) is 2.08. The molecule has 2 aromatic carbocycles. The van der Waals surface area contributed by atoms with Crippen LogP contribution in [0.5, 0.6) is 5.75 Å². The summed E-state index contributed by atoms with van der Waals surface area (Å²) in [5, 5.41) is 0. The molecule has 0 spiro atoms. The summed E-state index contributed by atoms with van der Waals surface area (Å²) >= 11 is 0. The number of rotatable bonds is 5. The summed E-state index contributed by atoms with van der Waals surface area (Å²) in [5.41, 5.74) is 9.34. The zero-order chi connectivity index (χ0) is 12.8. The van der Waals surface area contributed by atoms with E-state index in [4.69, 9.17) is 10.5 Å². The summed E-state index contributed by atoms with van der Waals surface area (Å²) in [4.78, 5) is 0. The Hall–Kier alpha value is -1.80. The van der Waals surface area contributed by atoms with Crippen molar-refractivity contribution < 1.29 is 4.74 Å². The van der Waals surface area contributed by atoms with E-state index in [1.54, 1.807) is 7.11 Å². The number of aryl methyl sites for hydroxylation is 1. The van der Waals surface area contributed by atoms with Crippen molar-refractivity contribution in [3.63, 3.8) is 0 Å². The molecule has 0 amide bonds. The maximum absolute atomic E-state index is 5.54. The van der Waals surface area contributed by atoms with Crippen LogP contribution in [-0.4, -0.2) is 13.7 Å². The first kappa shape index (κ1) is 12.7. The number of methoxy groups -OCH3 is 1. The second-order valence-corrected chi connectivity index (χ2v) is 4.32. The molecule has 18 heavy (non-hydrogen) atoms. The summed E-state index contributed by atoms with van der Waals surface area (Å²) < 4.78 is 5.17. The lowest BCUT2D eigenvalue weighted by molar-refractivity contribution is 0.415. The Morgan fingerprint density at radius 2 is 1.78 bits per heavy atom. The number of nitrogens with two attached hydrogens (primary N) is 1. The molecule has 2 rings (SSSR count). The van der Waals surface area contributed by atoms with Gasteiger partial charge in [-0.25, -0.2) is 0 Å². The van der Waals surface area contributed by atoms with Gasteiger partial charge in [0.1, 0.15) is 5.75 Å². The van der Waals surface area contributed by atoms with Gasteiger partial charge in [-0.1, -0.05) is 36.4 Å².